The normalized spacial score (nSPS) is 23.1. The molecule has 0 aromatic carbocycles. The monoisotopic (exact) mass is 250 g/mol. The van der Waals surface area contributed by atoms with Crippen LogP contribution in [0.3, 0.4) is 0 Å². The van der Waals surface area contributed by atoms with Crippen molar-refractivity contribution in [3.05, 3.63) is 0 Å². The highest BCUT2D eigenvalue weighted by atomic mass is 32.2. The number of esters is 2. The molecular formula is C9H14O6S. The summed E-state index contributed by atoms with van der Waals surface area (Å²) in [6, 6.07) is 0. The zero-order chi connectivity index (χ0) is 12.3. The van der Waals surface area contributed by atoms with Crippen molar-refractivity contribution >= 4 is 21.8 Å². The van der Waals surface area contributed by atoms with Crippen molar-refractivity contribution in [3.8, 4) is 0 Å². The van der Waals surface area contributed by atoms with E-state index in [9.17, 15) is 18.0 Å². The molecule has 0 aliphatic carbocycles. The van der Waals surface area contributed by atoms with Crippen LogP contribution in [0.5, 0.6) is 0 Å². The predicted molar refractivity (Wildman–Crippen MR) is 54.3 cm³/mol. The van der Waals surface area contributed by atoms with Crippen LogP contribution in [0.1, 0.15) is 6.42 Å². The molecule has 0 N–H and O–H groups in total. The van der Waals surface area contributed by atoms with Gasteiger partial charge in [-0.1, -0.05) is 0 Å². The molecule has 0 amide bonds. The maximum Gasteiger partial charge on any atom is 0.320 e. The van der Waals surface area contributed by atoms with Gasteiger partial charge in [-0.3, -0.25) is 9.59 Å². The van der Waals surface area contributed by atoms with E-state index < -0.39 is 33.6 Å². The Morgan fingerprint density at radius 3 is 2.00 bits per heavy atom. The maximum atomic E-state index is 11.4. The van der Waals surface area contributed by atoms with E-state index in [-0.39, 0.29) is 17.9 Å². The third-order valence-corrected chi connectivity index (χ3v) is 4.44. The number of rotatable bonds is 3. The molecule has 92 valence electrons. The highest BCUT2D eigenvalue weighted by Crippen LogP contribution is 2.27. The van der Waals surface area contributed by atoms with Gasteiger partial charge in [0, 0.05) is 0 Å². The van der Waals surface area contributed by atoms with Crippen LogP contribution in [-0.2, 0) is 28.9 Å². The van der Waals surface area contributed by atoms with E-state index in [0.717, 1.165) is 14.2 Å². The quantitative estimate of drug-likeness (QED) is 0.490. The molecule has 0 aromatic heterocycles. The molecule has 1 saturated heterocycles. The summed E-state index contributed by atoms with van der Waals surface area (Å²) in [7, 11) is -0.831. The lowest BCUT2D eigenvalue weighted by atomic mass is 9.92. The van der Waals surface area contributed by atoms with Crippen LogP contribution in [0.2, 0.25) is 0 Å². The molecule has 0 aromatic rings. The summed E-state index contributed by atoms with van der Waals surface area (Å²) in [6.07, 6.45) is 0.289. The van der Waals surface area contributed by atoms with Gasteiger partial charge in [-0.15, -0.1) is 0 Å². The molecule has 6 nitrogen and oxygen atoms in total. The summed E-state index contributed by atoms with van der Waals surface area (Å²) in [4.78, 5) is 22.8. The Morgan fingerprint density at radius 2 is 1.69 bits per heavy atom. The Morgan fingerprint density at radius 1 is 1.19 bits per heavy atom. The van der Waals surface area contributed by atoms with Crippen molar-refractivity contribution in [1.82, 2.24) is 0 Å². The lowest BCUT2D eigenvalue weighted by Crippen LogP contribution is -2.34. The first-order valence-corrected chi connectivity index (χ1v) is 6.59. The first-order valence-electron chi connectivity index (χ1n) is 4.77. The van der Waals surface area contributed by atoms with Gasteiger partial charge < -0.3 is 9.47 Å². The van der Waals surface area contributed by atoms with Crippen LogP contribution in [0.25, 0.3) is 0 Å². The fourth-order valence-corrected chi connectivity index (χ4v) is 3.66. The SMILES string of the molecule is COC(=O)C(C(=O)OC)[C@@H]1CCS(=O)(=O)C1. The lowest BCUT2D eigenvalue weighted by molar-refractivity contribution is -0.161. The molecule has 1 aliphatic rings. The molecular weight excluding hydrogens is 236 g/mol. The van der Waals surface area contributed by atoms with Crippen molar-refractivity contribution in [2.45, 2.75) is 6.42 Å². The molecule has 1 atom stereocenters. The van der Waals surface area contributed by atoms with E-state index >= 15 is 0 Å². The molecule has 7 heteroatoms. The Kier molecular flexibility index (Phi) is 3.90. The Hall–Kier alpha value is -1.11. The Bertz CT molecular complexity index is 369. The highest BCUT2D eigenvalue weighted by Gasteiger charge is 2.42. The molecule has 0 spiro atoms. The minimum absolute atomic E-state index is 0.00214. The van der Waals surface area contributed by atoms with Gasteiger partial charge in [-0.25, -0.2) is 8.42 Å². The fourth-order valence-electron chi connectivity index (χ4n) is 1.82. The average molecular weight is 250 g/mol. The maximum absolute atomic E-state index is 11.4. The van der Waals surface area contributed by atoms with Crippen LogP contribution in [0, 0.1) is 11.8 Å². The van der Waals surface area contributed by atoms with Gasteiger partial charge in [-0.2, -0.15) is 0 Å². The van der Waals surface area contributed by atoms with Gasteiger partial charge in [0.25, 0.3) is 0 Å². The standard InChI is InChI=1S/C9H14O6S/c1-14-8(10)7(9(11)15-2)6-3-4-16(12,13)5-6/h6-7H,3-5H2,1-2H3/t6-/m1/s1. The summed E-state index contributed by atoms with van der Waals surface area (Å²) < 4.78 is 31.5. The lowest BCUT2D eigenvalue weighted by Gasteiger charge is -2.17. The molecule has 0 unspecified atom stereocenters. The number of hydrogen-bond acceptors (Lipinski definition) is 6. The fraction of sp³-hybridized carbons (Fsp3) is 0.778. The number of ether oxygens (including phenoxy) is 2. The average Bonchev–Trinajstić information content (AvgIpc) is 2.58. The van der Waals surface area contributed by atoms with Gasteiger partial charge >= 0.3 is 11.9 Å². The van der Waals surface area contributed by atoms with Crippen LogP contribution >= 0.6 is 0 Å². The van der Waals surface area contributed by atoms with E-state index in [1.165, 1.54) is 0 Å². The smallest absolute Gasteiger partial charge is 0.320 e. The largest absolute Gasteiger partial charge is 0.468 e. The van der Waals surface area contributed by atoms with E-state index in [1.54, 1.807) is 0 Å². The minimum atomic E-state index is -3.14. The zero-order valence-corrected chi connectivity index (χ0v) is 9.95. The number of sulfone groups is 1. The van der Waals surface area contributed by atoms with Crippen LogP contribution < -0.4 is 0 Å². The van der Waals surface area contributed by atoms with Crippen LogP contribution in [0.4, 0.5) is 0 Å². The molecule has 1 heterocycles. The van der Waals surface area contributed by atoms with Crippen LogP contribution in [0.15, 0.2) is 0 Å². The summed E-state index contributed by atoms with van der Waals surface area (Å²) in [5.74, 6) is -3.32. The minimum Gasteiger partial charge on any atom is -0.468 e. The van der Waals surface area contributed by atoms with Crippen molar-refractivity contribution in [1.29, 1.82) is 0 Å². The first-order chi connectivity index (χ1) is 7.41. The Balaban J connectivity index is 2.87. The van der Waals surface area contributed by atoms with E-state index in [2.05, 4.69) is 9.47 Å². The second-order valence-electron chi connectivity index (χ2n) is 3.69. The molecule has 0 bridgehead atoms. The number of hydrogen-bond donors (Lipinski definition) is 0. The highest BCUT2D eigenvalue weighted by molar-refractivity contribution is 7.91. The molecule has 16 heavy (non-hydrogen) atoms. The molecule has 1 aliphatic heterocycles. The molecule has 0 saturated carbocycles. The van der Waals surface area contributed by atoms with E-state index in [0.29, 0.717) is 0 Å². The summed E-state index contributed by atoms with van der Waals surface area (Å²) in [5.41, 5.74) is 0. The summed E-state index contributed by atoms with van der Waals surface area (Å²) in [5, 5.41) is 0. The van der Waals surface area contributed by atoms with Gasteiger partial charge in [-0.05, 0) is 12.3 Å². The second kappa shape index (κ2) is 4.82. The third-order valence-electron chi connectivity index (χ3n) is 2.65. The van der Waals surface area contributed by atoms with Crippen molar-refractivity contribution < 1.29 is 27.5 Å². The van der Waals surface area contributed by atoms with Crippen LogP contribution in [-0.4, -0.2) is 46.1 Å². The van der Waals surface area contributed by atoms with E-state index in [4.69, 9.17) is 0 Å². The summed E-state index contributed by atoms with van der Waals surface area (Å²) >= 11 is 0. The summed E-state index contributed by atoms with van der Waals surface area (Å²) in [6.45, 7) is 0. The van der Waals surface area contributed by atoms with Crippen molar-refractivity contribution in [2.24, 2.45) is 11.8 Å². The van der Waals surface area contributed by atoms with Gasteiger partial charge in [0.05, 0.1) is 25.7 Å². The van der Waals surface area contributed by atoms with Gasteiger partial charge in [0.15, 0.2) is 15.8 Å². The van der Waals surface area contributed by atoms with Crippen molar-refractivity contribution in [2.75, 3.05) is 25.7 Å². The molecule has 0 radical (unpaired) electrons. The number of carbonyl (C=O) groups is 2. The number of methoxy groups -OCH3 is 2. The topological polar surface area (TPSA) is 86.7 Å². The van der Waals surface area contributed by atoms with E-state index in [1.807, 2.05) is 0 Å². The molecule has 1 rings (SSSR count). The number of carbonyl (C=O) groups excluding carboxylic acids is 2. The van der Waals surface area contributed by atoms with Gasteiger partial charge in [0.1, 0.15) is 0 Å². The van der Waals surface area contributed by atoms with Gasteiger partial charge in [0.2, 0.25) is 0 Å². The van der Waals surface area contributed by atoms with Crippen molar-refractivity contribution in [3.63, 3.8) is 0 Å². The third kappa shape index (κ3) is 2.72. The second-order valence-corrected chi connectivity index (χ2v) is 5.92. The molecule has 1 fully saturated rings. The predicted octanol–water partition coefficient (Wildman–Crippen LogP) is -0.617. The Labute approximate surface area is 93.8 Å². The first kappa shape index (κ1) is 13.0. The zero-order valence-electron chi connectivity index (χ0n) is 9.13.